The van der Waals surface area contributed by atoms with Crippen LogP contribution in [-0.4, -0.2) is 35.9 Å². The molecule has 2 aromatic heterocycles. The number of pyridine rings is 1. The van der Waals surface area contributed by atoms with E-state index in [1.165, 1.54) is 30.3 Å². The number of carbonyl (C=O) groups excluding carboxylic acids is 1. The number of hydrogen-bond acceptors (Lipinski definition) is 10. The highest BCUT2D eigenvalue weighted by atomic mass is 32.2. The topological polar surface area (TPSA) is 153 Å². The van der Waals surface area contributed by atoms with Gasteiger partial charge in [0.1, 0.15) is 11.8 Å². The quantitative estimate of drug-likeness (QED) is 0.163. The Balaban J connectivity index is 1.67. The highest BCUT2D eigenvalue weighted by molar-refractivity contribution is 7.93. The number of halogens is 3. The molecule has 38 heavy (non-hydrogen) atoms. The van der Waals surface area contributed by atoms with Gasteiger partial charge in [-0.3, -0.25) is 19.8 Å². The second-order valence-electron chi connectivity index (χ2n) is 7.51. The van der Waals surface area contributed by atoms with Gasteiger partial charge >= 0.3 is 17.1 Å². The molecule has 0 spiro atoms. The van der Waals surface area contributed by atoms with Gasteiger partial charge in [0.15, 0.2) is 0 Å². The van der Waals surface area contributed by atoms with Crippen molar-refractivity contribution in [2.24, 2.45) is 0 Å². The summed E-state index contributed by atoms with van der Waals surface area (Å²) in [5, 5.41) is 13.4. The number of alkyl halides is 3. The molecule has 198 valence electrons. The zero-order valence-electron chi connectivity index (χ0n) is 19.1. The van der Waals surface area contributed by atoms with E-state index in [9.17, 15) is 36.5 Å². The molecule has 2 aromatic carbocycles. The number of aromatic nitrogens is 2. The highest BCUT2D eigenvalue weighted by Gasteiger charge is 2.31. The summed E-state index contributed by atoms with van der Waals surface area (Å²) in [5.41, 5.74) is -0.572. The number of carbonyl (C=O) groups is 1. The summed E-state index contributed by atoms with van der Waals surface area (Å²) in [6.45, 7) is 1.64. The first-order chi connectivity index (χ1) is 17.9. The maximum atomic E-state index is 13.2. The number of thiazole rings is 1. The van der Waals surface area contributed by atoms with Crippen molar-refractivity contribution in [1.29, 1.82) is 0 Å². The Hall–Kier alpha value is -4.31. The number of fused-ring (bicyclic) bond motifs is 1. The lowest BCUT2D eigenvalue weighted by Gasteiger charge is -2.15. The Morgan fingerprint density at radius 3 is 2.45 bits per heavy atom. The predicted octanol–water partition coefficient (Wildman–Crippen LogP) is 5.34. The SMILES string of the molecule is CCOC(=O)c1cnc2cc(C(F)(F)F)ccc2c1Nc1ccc(S(=O)(=O)Nc2ncc([N+](=O)[O-])s2)cc1. The monoisotopic (exact) mass is 567 g/mol. The molecular formula is C22H16F3N5O6S2. The van der Waals surface area contributed by atoms with Crippen LogP contribution in [0, 0.1) is 10.1 Å². The molecule has 4 aromatic rings. The van der Waals surface area contributed by atoms with Crippen molar-refractivity contribution in [1.82, 2.24) is 9.97 Å². The second-order valence-corrected chi connectivity index (χ2v) is 10.2. The number of rotatable bonds is 8. The van der Waals surface area contributed by atoms with Crippen molar-refractivity contribution >= 4 is 59.7 Å². The van der Waals surface area contributed by atoms with E-state index in [0.717, 1.165) is 24.5 Å². The molecule has 2 N–H and O–H groups in total. The van der Waals surface area contributed by atoms with Gasteiger partial charge in [-0.15, -0.1) is 0 Å². The Morgan fingerprint density at radius 2 is 1.84 bits per heavy atom. The van der Waals surface area contributed by atoms with Gasteiger partial charge in [-0.2, -0.15) is 13.2 Å². The molecule has 0 fully saturated rings. The van der Waals surface area contributed by atoms with Crippen LogP contribution in [0.2, 0.25) is 0 Å². The van der Waals surface area contributed by atoms with E-state index in [2.05, 4.69) is 20.0 Å². The van der Waals surface area contributed by atoms with Crippen molar-refractivity contribution in [3.63, 3.8) is 0 Å². The molecule has 16 heteroatoms. The maximum Gasteiger partial charge on any atom is 0.416 e. The van der Waals surface area contributed by atoms with Crippen molar-refractivity contribution in [3.05, 3.63) is 76.1 Å². The number of benzene rings is 2. The fourth-order valence-electron chi connectivity index (χ4n) is 3.30. The summed E-state index contributed by atoms with van der Waals surface area (Å²) in [5.74, 6) is -0.759. The third kappa shape index (κ3) is 5.65. The van der Waals surface area contributed by atoms with E-state index in [1.807, 2.05) is 0 Å². The number of anilines is 3. The second kappa shape index (κ2) is 10.2. The van der Waals surface area contributed by atoms with Gasteiger partial charge in [0.2, 0.25) is 5.13 Å². The molecule has 0 saturated heterocycles. The number of sulfonamides is 1. The first kappa shape index (κ1) is 26.7. The number of hydrogen-bond donors (Lipinski definition) is 2. The molecule has 4 rings (SSSR count). The number of nitro groups is 1. The van der Waals surface area contributed by atoms with E-state index in [1.54, 1.807) is 6.92 Å². The standard InChI is InChI=1S/C22H16F3N5O6S2/c1-2-36-20(31)16-10-26-17-9-12(22(23,24)25)3-8-15(17)19(16)28-13-4-6-14(7-5-13)38(34,35)29-21-27-11-18(37-21)30(32)33/h3-11H,2H2,1H3,(H,26,28)(H,27,29). The van der Waals surface area contributed by atoms with Gasteiger partial charge in [0, 0.05) is 17.3 Å². The fraction of sp³-hybridized carbons (Fsp3) is 0.136. The van der Waals surface area contributed by atoms with Gasteiger partial charge in [-0.1, -0.05) is 6.07 Å². The average molecular weight is 568 g/mol. The van der Waals surface area contributed by atoms with Gasteiger partial charge in [-0.05, 0) is 54.7 Å². The van der Waals surface area contributed by atoms with Crippen LogP contribution in [-0.2, 0) is 20.9 Å². The zero-order chi connectivity index (χ0) is 27.7. The smallest absolute Gasteiger partial charge is 0.416 e. The minimum atomic E-state index is -4.60. The molecule has 0 aliphatic carbocycles. The number of esters is 1. The summed E-state index contributed by atoms with van der Waals surface area (Å²) in [6.07, 6.45) is -2.58. The van der Waals surface area contributed by atoms with Crippen LogP contribution in [0.1, 0.15) is 22.8 Å². The van der Waals surface area contributed by atoms with E-state index in [-0.39, 0.29) is 43.8 Å². The normalized spacial score (nSPS) is 11.8. The lowest BCUT2D eigenvalue weighted by Crippen LogP contribution is -2.13. The lowest BCUT2D eigenvalue weighted by atomic mass is 10.1. The number of nitrogens with zero attached hydrogens (tertiary/aromatic N) is 3. The molecule has 2 heterocycles. The van der Waals surface area contributed by atoms with E-state index in [4.69, 9.17) is 4.74 Å². The Kier molecular flexibility index (Phi) is 7.19. The summed E-state index contributed by atoms with van der Waals surface area (Å²) < 4.78 is 72.0. The van der Waals surface area contributed by atoms with Crippen LogP contribution in [0.4, 0.5) is 34.7 Å². The van der Waals surface area contributed by atoms with Crippen LogP contribution >= 0.6 is 11.3 Å². The third-order valence-electron chi connectivity index (χ3n) is 5.02. The van der Waals surface area contributed by atoms with E-state index in [0.29, 0.717) is 17.0 Å². The summed E-state index contributed by atoms with van der Waals surface area (Å²) in [7, 11) is -4.14. The third-order valence-corrected chi connectivity index (χ3v) is 7.37. The van der Waals surface area contributed by atoms with Crippen LogP contribution in [0.25, 0.3) is 10.9 Å². The van der Waals surface area contributed by atoms with Gasteiger partial charge in [-0.25, -0.2) is 18.2 Å². The fourth-order valence-corrected chi connectivity index (χ4v) is 5.18. The lowest BCUT2D eigenvalue weighted by molar-refractivity contribution is -0.380. The molecule has 0 amide bonds. The average Bonchev–Trinajstić information content (AvgIpc) is 3.32. The van der Waals surface area contributed by atoms with Crippen molar-refractivity contribution in [3.8, 4) is 0 Å². The van der Waals surface area contributed by atoms with Gasteiger partial charge < -0.3 is 10.1 Å². The van der Waals surface area contributed by atoms with Crippen molar-refractivity contribution < 1.29 is 36.0 Å². The van der Waals surface area contributed by atoms with Crippen LogP contribution in [0.15, 0.2) is 59.8 Å². The molecular weight excluding hydrogens is 551 g/mol. The molecule has 0 aliphatic heterocycles. The van der Waals surface area contributed by atoms with Crippen LogP contribution < -0.4 is 10.0 Å². The van der Waals surface area contributed by atoms with Gasteiger partial charge in [0.05, 0.1) is 33.2 Å². The molecule has 0 bridgehead atoms. The summed E-state index contributed by atoms with van der Waals surface area (Å²) in [6, 6.07) is 8.05. The first-order valence-electron chi connectivity index (χ1n) is 10.6. The first-order valence-corrected chi connectivity index (χ1v) is 12.9. The Bertz CT molecular complexity index is 1640. The minimum absolute atomic E-state index is 0.0312. The summed E-state index contributed by atoms with van der Waals surface area (Å²) >= 11 is 0.546. The molecule has 0 unspecified atom stereocenters. The predicted molar refractivity (Wildman–Crippen MR) is 132 cm³/mol. The minimum Gasteiger partial charge on any atom is -0.462 e. The molecule has 11 nitrogen and oxygen atoms in total. The largest absolute Gasteiger partial charge is 0.462 e. The maximum absolute atomic E-state index is 13.2. The highest BCUT2D eigenvalue weighted by Crippen LogP contribution is 2.35. The van der Waals surface area contributed by atoms with Crippen molar-refractivity contribution in [2.45, 2.75) is 18.0 Å². The number of nitrogens with one attached hydrogen (secondary N) is 2. The zero-order valence-corrected chi connectivity index (χ0v) is 20.8. The van der Waals surface area contributed by atoms with E-state index < -0.39 is 32.7 Å². The molecule has 0 saturated carbocycles. The van der Waals surface area contributed by atoms with Crippen LogP contribution in [0.5, 0.6) is 0 Å². The van der Waals surface area contributed by atoms with Crippen molar-refractivity contribution in [2.75, 3.05) is 16.6 Å². The molecule has 0 atom stereocenters. The summed E-state index contributed by atoms with van der Waals surface area (Å²) in [4.78, 5) is 30.1. The molecule has 0 radical (unpaired) electrons. The Labute approximate surface area is 216 Å². The molecule has 0 aliphatic rings. The Morgan fingerprint density at radius 1 is 1.13 bits per heavy atom. The van der Waals surface area contributed by atoms with Crippen LogP contribution in [0.3, 0.4) is 0 Å². The number of ether oxygens (including phenoxy) is 1. The van der Waals surface area contributed by atoms with E-state index >= 15 is 0 Å². The van der Waals surface area contributed by atoms with Gasteiger partial charge in [0.25, 0.3) is 10.0 Å².